The standard InChI is InChI=1S/C40H62N2O7S/c1-6-7-8-9-10-11-12-13-14-15-16-17-21-24-36(43)41-34-25-27-35(28-26-34)49-40(38(45)39(3,4)5,30-29-32(2)50(46,47)48)31-37(44)42-33-22-19-18-20-23-33/h18-20,22-23,25-28,32H,6-17,21,24,29-31H2,1-5H3,(H,41,43)(H,42,44)(H,46,47,48). The van der Waals surface area contributed by atoms with Crippen molar-refractivity contribution in [2.24, 2.45) is 5.41 Å². The van der Waals surface area contributed by atoms with Crippen LogP contribution >= 0.6 is 0 Å². The van der Waals surface area contributed by atoms with Crippen molar-refractivity contribution in [2.75, 3.05) is 10.6 Å². The lowest BCUT2D eigenvalue weighted by Crippen LogP contribution is -2.52. The van der Waals surface area contributed by atoms with E-state index in [1.165, 1.54) is 71.1 Å². The summed E-state index contributed by atoms with van der Waals surface area (Å²) in [5, 5.41) is 4.54. The van der Waals surface area contributed by atoms with E-state index in [1.807, 2.05) is 6.07 Å². The molecule has 0 aromatic heterocycles. The zero-order chi connectivity index (χ0) is 37.0. The maximum absolute atomic E-state index is 14.0. The molecule has 2 amide bonds. The Morgan fingerprint density at radius 1 is 0.720 bits per heavy atom. The summed E-state index contributed by atoms with van der Waals surface area (Å²) in [7, 11) is -4.38. The molecule has 0 saturated carbocycles. The highest BCUT2D eigenvalue weighted by atomic mass is 32.2. The molecule has 0 aliphatic rings. The molecule has 0 fully saturated rings. The fourth-order valence-electron chi connectivity index (χ4n) is 6.03. The number of Topliss-reactive ketones (excluding diaryl/α,β-unsaturated/α-hetero) is 1. The molecule has 0 aliphatic heterocycles. The summed E-state index contributed by atoms with van der Waals surface area (Å²) in [4.78, 5) is 40.0. The molecule has 2 rings (SSSR count). The van der Waals surface area contributed by atoms with Gasteiger partial charge in [0.05, 0.1) is 11.7 Å². The van der Waals surface area contributed by atoms with Gasteiger partial charge in [0.2, 0.25) is 11.8 Å². The van der Waals surface area contributed by atoms with Crippen LogP contribution in [0.1, 0.15) is 144 Å². The number of carbonyl (C=O) groups is 3. The third-order valence-electron chi connectivity index (χ3n) is 9.02. The molecule has 0 heterocycles. The van der Waals surface area contributed by atoms with Gasteiger partial charge in [0.15, 0.2) is 11.4 Å². The number of nitrogens with one attached hydrogen (secondary N) is 2. The number of benzene rings is 2. The van der Waals surface area contributed by atoms with E-state index in [2.05, 4.69) is 17.6 Å². The molecule has 0 aliphatic carbocycles. The number of para-hydroxylation sites is 1. The van der Waals surface area contributed by atoms with E-state index in [0.29, 0.717) is 17.8 Å². The highest BCUT2D eigenvalue weighted by molar-refractivity contribution is 7.86. The van der Waals surface area contributed by atoms with Crippen LogP contribution in [0.25, 0.3) is 0 Å². The normalized spacial score (nSPS) is 13.6. The average Bonchev–Trinajstić information content (AvgIpc) is 3.05. The van der Waals surface area contributed by atoms with Crippen LogP contribution in [0.3, 0.4) is 0 Å². The van der Waals surface area contributed by atoms with Crippen LogP contribution in [-0.4, -0.2) is 41.4 Å². The van der Waals surface area contributed by atoms with E-state index in [-0.39, 0.29) is 36.7 Å². The van der Waals surface area contributed by atoms with Crippen molar-refractivity contribution in [3.8, 4) is 5.75 Å². The van der Waals surface area contributed by atoms with E-state index in [1.54, 1.807) is 69.3 Å². The third-order valence-corrected chi connectivity index (χ3v) is 10.3. The van der Waals surface area contributed by atoms with Crippen molar-refractivity contribution in [3.63, 3.8) is 0 Å². The van der Waals surface area contributed by atoms with E-state index >= 15 is 0 Å². The molecule has 0 spiro atoms. The number of hydrogen-bond acceptors (Lipinski definition) is 6. The quantitative estimate of drug-likeness (QED) is 0.0687. The van der Waals surface area contributed by atoms with Crippen LogP contribution in [0.2, 0.25) is 0 Å². The third kappa shape index (κ3) is 16.6. The number of unbranched alkanes of at least 4 members (excludes halogenated alkanes) is 12. The van der Waals surface area contributed by atoms with E-state index in [4.69, 9.17) is 4.74 Å². The Hall–Kier alpha value is -3.24. The molecule has 10 heteroatoms. The number of amides is 2. The predicted molar refractivity (Wildman–Crippen MR) is 203 cm³/mol. The van der Waals surface area contributed by atoms with Crippen LogP contribution in [0.4, 0.5) is 11.4 Å². The van der Waals surface area contributed by atoms with Gasteiger partial charge < -0.3 is 15.4 Å². The summed E-state index contributed by atoms with van der Waals surface area (Å²) >= 11 is 0. The van der Waals surface area contributed by atoms with Gasteiger partial charge in [-0.25, -0.2) is 0 Å². The molecule has 2 atom stereocenters. The molecule has 9 nitrogen and oxygen atoms in total. The summed E-state index contributed by atoms with van der Waals surface area (Å²) in [5.41, 5.74) is -1.57. The van der Waals surface area contributed by atoms with Crippen LogP contribution < -0.4 is 15.4 Å². The van der Waals surface area contributed by atoms with E-state index < -0.39 is 32.3 Å². The van der Waals surface area contributed by atoms with Crippen LogP contribution in [0.15, 0.2) is 54.6 Å². The number of rotatable bonds is 25. The molecule has 280 valence electrons. The Morgan fingerprint density at radius 3 is 1.70 bits per heavy atom. The molecule has 2 unspecified atom stereocenters. The van der Waals surface area contributed by atoms with Crippen LogP contribution in [0.5, 0.6) is 5.75 Å². The summed E-state index contributed by atoms with van der Waals surface area (Å²) in [6.45, 7) is 8.73. The molecule has 3 N–H and O–H groups in total. The maximum atomic E-state index is 14.0. The number of ether oxygens (including phenoxy) is 1. The van der Waals surface area contributed by atoms with Crippen LogP contribution in [-0.2, 0) is 24.5 Å². The first-order chi connectivity index (χ1) is 23.7. The second kappa shape index (κ2) is 21.9. The van der Waals surface area contributed by atoms with Crippen molar-refractivity contribution in [1.82, 2.24) is 0 Å². The Morgan fingerprint density at radius 2 is 1.20 bits per heavy atom. The van der Waals surface area contributed by atoms with Gasteiger partial charge in [-0.2, -0.15) is 8.42 Å². The van der Waals surface area contributed by atoms with E-state index in [9.17, 15) is 27.4 Å². The van der Waals surface area contributed by atoms with Gasteiger partial charge in [-0.15, -0.1) is 0 Å². The van der Waals surface area contributed by atoms with E-state index in [0.717, 1.165) is 19.3 Å². The van der Waals surface area contributed by atoms with Gasteiger partial charge in [-0.05, 0) is 62.6 Å². The van der Waals surface area contributed by atoms with Gasteiger partial charge in [0, 0.05) is 23.2 Å². The average molecular weight is 715 g/mol. The summed E-state index contributed by atoms with van der Waals surface area (Å²) in [5.74, 6) is -0.656. The Balaban J connectivity index is 2.00. The maximum Gasteiger partial charge on any atom is 0.267 e. The zero-order valence-electron chi connectivity index (χ0n) is 31.1. The summed E-state index contributed by atoms with van der Waals surface area (Å²) in [6.07, 6.45) is 15.9. The predicted octanol–water partition coefficient (Wildman–Crippen LogP) is 9.92. The number of ketones is 1. The molecule has 50 heavy (non-hydrogen) atoms. The van der Waals surface area contributed by atoms with Gasteiger partial charge in [-0.1, -0.05) is 123 Å². The minimum absolute atomic E-state index is 0.0734. The molecular formula is C40H62N2O7S. The molecule has 2 aromatic rings. The Kier molecular flexibility index (Phi) is 18.8. The van der Waals surface area contributed by atoms with Crippen molar-refractivity contribution < 1.29 is 32.1 Å². The molecule has 0 bridgehead atoms. The van der Waals surface area contributed by atoms with Gasteiger partial charge in [0.1, 0.15) is 5.75 Å². The van der Waals surface area contributed by atoms with Gasteiger partial charge >= 0.3 is 0 Å². The Bertz CT molecular complexity index is 1410. The molecule has 0 saturated heterocycles. The first-order valence-electron chi connectivity index (χ1n) is 18.6. The second-order valence-electron chi connectivity index (χ2n) is 14.7. The number of carbonyl (C=O) groups excluding carboxylic acids is 3. The summed E-state index contributed by atoms with van der Waals surface area (Å²) in [6, 6.07) is 15.4. The van der Waals surface area contributed by atoms with Crippen molar-refractivity contribution in [3.05, 3.63) is 54.6 Å². The molecule has 2 aromatic carbocycles. The monoisotopic (exact) mass is 714 g/mol. The minimum Gasteiger partial charge on any atom is -0.479 e. The first kappa shape index (κ1) is 42.9. The Labute approximate surface area is 301 Å². The lowest BCUT2D eigenvalue weighted by Gasteiger charge is -2.37. The lowest BCUT2D eigenvalue weighted by atomic mass is 9.75. The zero-order valence-corrected chi connectivity index (χ0v) is 31.9. The number of hydrogen-bond donors (Lipinski definition) is 3. The lowest BCUT2D eigenvalue weighted by molar-refractivity contribution is -0.147. The largest absolute Gasteiger partial charge is 0.479 e. The topological polar surface area (TPSA) is 139 Å². The smallest absolute Gasteiger partial charge is 0.267 e. The van der Waals surface area contributed by atoms with Gasteiger partial charge in [-0.3, -0.25) is 18.9 Å². The minimum atomic E-state index is -4.38. The number of anilines is 2. The fraction of sp³-hybridized carbons (Fsp3) is 0.625. The van der Waals surface area contributed by atoms with Crippen LogP contribution in [0, 0.1) is 5.41 Å². The first-order valence-corrected chi connectivity index (χ1v) is 20.1. The molecular weight excluding hydrogens is 653 g/mol. The van der Waals surface area contributed by atoms with Crippen molar-refractivity contribution >= 4 is 39.1 Å². The second-order valence-corrected chi connectivity index (χ2v) is 16.5. The summed E-state index contributed by atoms with van der Waals surface area (Å²) < 4.78 is 39.7. The fourth-order valence-corrected chi connectivity index (χ4v) is 6.44. The highest BCUT2D eigenvalue weighted by Crippen LogP contribution is 2.36. The van der Waals surface area contributed by atoms with Crippen molar-refractivity contribution in [2.45, 2.75) is 155 Å². The van der Waals surface area contributed by atoms with Gasteiger partial charge in [0.25, 0.3) is 10.1 Å². The SMILES string of the molecule is CCCCCCCCCCCCCCCC(=O)Nc1ccc(OC(CCC(C)S(=O)(=O)O)(CC(=O)Nc2ccccc2)C(=O)C(C)(C)C)cc1. The van der Waals surface area contributed by atoms with Crippen molar-refractivity contribution in [1.29, 1.82) is 0 Å². The molecule has 0 radical (unpaired) electrons. The highest BCUT2D eigenvalue weighted by Gasteiger charge is 2.48.